The summed E-state index contributed by atoms with van der Waals surface area (Å²) in [6.45, 7) is 56.4. The van der Waals surface area contributed by atoms with Crippen molar-refractivity contribution in [2.45, 2.75) is 305 Å². The Labute approximate surface area is 556 Å². The molecule has 5 aliphatic carbocycles. The Kier molecular flexibility index (Phi) is 11.8. The molecule has 0 radical (unpaired) electrons. The molecule has 0 spiro atoms. The van der Waals surface area contributed by atoms with Gasteiger partial charge < -0.3 is 14.7 Å². The van der Waals surface area contributed by atoms with Gasteiger partial charge >= 0.3 is 0 Å². The van der Waals surface area contributed by atoms with Crippen LogP contribution in [0.2, 0.25) is 0 Å². The standard InChI is InChI=1S/C85H104BN3S2/c1-47-35-53-57(79(12,13)30-27-76(53,6)7)42-63(47)87-66-37-49-38-67-72(66)86(70-50-39-55-58(45-68(50)90-73(70)87)80(14,15)31-28-77(55,8)9)71-51-40-56-59(81(16,17)32-29-78(56,10)11)46-69(51)91-74(71)88(67)64-43-61-54(36-48(64)2)82(18,19)33-34-83(61,20)60-44-65-62(41-52(60)75(3,4)5)84(21)25-23-24-26-85(84,22)89(49)65/h35-46,71,74H,23-34H2,1-22H3. The van der Waals surface area contributed by atoms with E-state index in [-0.39, 0.29) is 77.6 Å². The van der Waals surface area contributed by atoms with Crippen LogP contribution in [0.4, 0.5) is 39.1 Å². The molecule has 1 saturated carbocycles. The number of benzene rings is 6. The van der Waals surface area contributed by atoms with E-state index in [4.69, 9.17) is 0 Å². The Hall–Kier alpha value is -4.91. The van der Waals surface area contributed by atoms with Gasteiger partial charge in [-0.3, -0.25) is 0 Å². The third kappa shape index (κ3) is 7.65. The van der Waals surface area contributed by atoms with Crippen molar-refractivity contribution in [3.8, 4) is 0 Å². The largest absolute Gasteiger partial charge is 0.334 e. The number of fused-ring (bicyclic) bond motifs is 21. The first-order valence-corrected chi connectivity index (χ1v) is 37.6. The zero-order valence-corrected chi connectivity index (χ0v) is 61.4. The van der Waals surface area contributed by atoms with Crippen LogP contribution in [0.15, 0.2) is 77.7 Å². The molecule has 6 heteroatoms. The van der Waals surface area contributed by atoms with Crippen molar-refractivity contribution in [1.29, 1.82) is 0 Å². The van der Waals surface area contributed by atoms with E-state index >= 15 is 0 Å². The molecule has 91 heavy (non-hydrogen) atoms. The maximum atomic E-state index is 3.04. The average molecular weight is 1240 g/mol. The summed E-state index contributed by atoms with van der Waals surface area (Å²) in [6.07, 6.45) is 14.3. The van der Waals surface area contributed by atoms with Crippen molar-refractivity contribution in [2.24, 2.45) is 0 Å². The minimum Gasteiger partial charge on any atom is -0.334 e. The third-order valence-electron chi connectivity index (χ3n) is 28.1. The lowest BCUT2D eigenvalue weighted by Gasteiger charge is -2.52. The quantitative estimate of drug-likeness (QED) is 0.152. The summed E-state index contributed by atoms with van der Waals surface area (Å²) in [6, 6.07) is 33.4. The fraction of sp³-hybridized carbons (Fsp3) is 0.553. The summed E-state index contributed by atoms with van der Waals surface area (Å²) in [5.74, 6) is 0.177. The Bertz CT molecular complexity index is 4440. The number of hydrogen-bond acceptors (Lipinski definition) is 5. The Morgan fingerprint density at radius 2 is 0.934 bits per heavy atom. The molecule has 5 aliphatic heterocycles. The molecule has 0 saturated heterocycles. The number of rotatable bonds is 1. The van der Waals surface area contributed by atoms with Crippen LogP contribution >= 0.6 is 23.1 Å². The van der Waals surface area contributed by atoms with Crippen molar-refractivity contribution in [3.05, 3.63) is 151 Å². The molecule has 6 bridgehead atoms. The van der Waals surface area contributed by atoms with Gasteiger partial charge in [-0.05, 0) is 271 Å². The number of anilines is 7. The van der Waals surface area contributed by atoms with E-state index in [0.29, 0.717) is 0 Å². The zero-order chi connectivity index (χ0) is 64.4. The number of aryl methyl sites for hydroxylation is 2. The van der Waals surface area contributed by atoms with E-state index in [1.54, 1.807) is 66.7 Å². The molecule has 17 rings (SSSR count). The van der Waals surface area contributed by atoms with Crippen LogP contribution < -0.4 is 25.6 Å². The second-order valence-corrected chi connectivity index (χ2v) is 40.2. The van der Waals surface area contributed by atoms with Crippen LogP contribution in [0.5, 0.6) is 0 Å². The summed E-state index contributed by atoms with van der Waals surface area (Å²) >= 11 is 4.36. The monoisotopic (exact) mass is 1240 g/mol. The van der Waals surface area contributed by atoms with Gasteiger partial charge in [0, 0.05) is 54.7 Å². The lowest BCUT2D eigenvalue weighted by molar-refractivity contribution is 0.195. The van der Waals surface area contributed by atoms with Gasteiger partial charge in [0.2, 0.25) is 6.71 Å². The van der Waals surface area contributed by atoms with Gasteiger partial charge in [0.05, 0.1) is 21.6 Å². The Morgan fingerprint density at radius 1 is 0.440 bits per heavy atom. The van der Waals surface area contributed by atoms with E-state index in [9.17, 15) is 0 Å². The molecule has 5 unspecified atom stereocenters. The normalized spacial score (nSPS) is 28.6. The third-order valence-corrected chi connectivity index (χ3v) is 30.6. The summed E-state index contributed by atoms with van der Waals surface area (Å²) in [4.78, 5) is 10.5. The zero-order valence-electron chi connectivity index (χ0n) is 59.8. The number of thioether (sulfide) groups is 1. The van der Waals surface area contributed by atoms with Crippen molar-refractivity contribution >= 4 is 89.9 Å². The molecule has 10 aliphatic rings. The van der Waals surface area contributed by atoms with Crippen molar-refractivity contribution in [1.82, 2.24) is 0 Å². The lowest BCUT2D eigenvalue weighted by atomic mass is 9.29. The highest BCUT2D eigenvalue weighted by Gasteiger charge is 2.62. The molecule has 5 atom stereocenters. The Morgan fingerprint density at radius 3 is 1.55 bits per heavy atom. The molecule has 6 heterocycles. The summed E-state index contributed by atoms with van der Waals surface area (Å²) < 4.78 is 1.46. The van der Waals surface area contributed by atoms with Crippen LogP contribution in [0.3, 0.4) is 0 Å². The fourth-order valence-corrected chi connectivity index (χ4v) is 24.4. The van der Waals surface area contributed by atoms with Gasteiger partial charge in [-0.1, -0.05) is 169 Å². The molecular formula is C85H104BN3S2. The average Bonchev–Trinajstić information content (AvgIpc) is 1.57. The topological polar surface area (TPSA) is 9.72 Å². The van der Waals surface area contributed by atoms with Crippen LogP contribution in [0, 0.1) is 13.8 Å². The number of hydrogen-bond donors (Lipinski definition) is 0. The van der Waals surface area contributed by atoms with E-state index in [0.717, 1.165) is 19.3 Å². The van der Waals surface area contributed by atoms with Gasteiger partial charge in [-0.25, -0.2) is 0 Å². The van der Waals surface area contributed by atoms with Crippen LogP contribution in [0.25, 0.3) is 10.1 Å². The van der Waals surface area contributed by atoms with Gasteiger partial charge in [-0.2, -0.15) is 0 Å². The van der Waals surface area contributed by atoms with Crippen LogP contribution in [-0.4, -0.2) is 17.6 Å². The summed E-state index contributed by atoms with van der Waals surface area (Å²) in [5, 5.41) is 3.06. The first-order valence-electron chi connectivity index (χ1n) is 35.9. The van der Waals surface area contributed by atoms with Crippen molar-refractivity contribution in [3.63, 3.8) is 0 Å². The van der Waals surface area contributed by atoms with E-state index in [1.165, 1.54) is 134 Å². The molecule has 0 N–H and O–H groups in total. The smallest absolute Gasteiger partial charge is 0.229 e. The van der Waals surface area contributed by atoms with E-state index < -0.39 is 0 Å². The highest BCUT2D eigenvalue weighted by atomic mass is 32.2. The lowest BCUT2D eigenvalue weighted by Crippen LogP contribution is -2.62. The predicted octanol–water partition coefficient (Wildman–Crippen LogP) is 22.6. The van der Waals surface area contributed by atoms with E-state index in [2.05, 4.69) is 263 Å². The van der Waals surface area contributed by atoms with Crippen LogP contribution in [0.1, 0.15) is 299 Å². The minimum atomic E-state index is -0.215. The molecule has 1 aromatic heterocycles. The second-order valence-electron chi connectivity index (χ2n) is 38.0. The highest BCUT2D eigenvalue weighted by molar-refractivity contribution is 8.00. The second kappa shape index (κ2) is 18.0. The van der Waals surface area contributed by atoms with E-state index in [1.807, 2.05) is 0 Å². The number of nitrogens with zero attached hydrogens (tertiary/aromatic N) is 3. The maximum absolute atomic E-state index is 3.04. The predicted molar refractivity (Wildman–Crippen MR) is 394 cm³/mol. The summed E-state index contributed by atoms with van der Waals surface area (Å²) in [5.41, 5.74) is 33.1. The first kappa shape index (κ1) is 59.8. The minimum absolute atomic E-state index is 0.0256. The van der Waals surface area contributed by atoms with Gasteiger partial charge in [-0.15, -0.1) is 23.1 Å². The van der Waals surface area contributed by atoms with Crippen molar-refractivity contribution < 1.29 is 0 Å². The van der Waals surface area contributed by atoms with Gasteiger partial charge in [0.1, 0.15) is 0 Å². The molecule has 7 aromatic rings. The molecule has 3 nitrogen and oxygen atoms in total. The molecule has 6 aromatic carbocycles. The van der Waals surface area contributed by atoms with Gasteiger partial charge in [0.25, 0.3) is 0 Å². The summed E-state index contributed by atoms with van der Waals surface area (Å²) in [7, 11) is 0. The highest BCUT2D eigenvalue weighted by Crippen LogP contribution is 2.67. The Balaban J connectivity index is 1.07. The molecule has 1 fully saturated rings. The fourth-order valence-electron chi connectivity index (χ4n) is 21.5. The SMILES string of the molecule is Cc1cc2c(cc1N1c3cc4cc5c3B(c3c1sc1cc6c(cc31)C(C)(C)CCC6(C)C)C1c3cc6c(cc3SC1N5c1cc3c(cc1C)C(C)(C)CCC3(C)c1cc3c(cc1C(C)(C)C)C1(C)CCCCC1(C)N43)C(C)(C)CCC6(C)C)C(C)(C)CCC2(C)C. The first-order chi connectivity index (χ1) is 42.3. The molecular weight excluding hydrogens is 1140 g/mol. The number of thiophene rings is 1. The van der Waals surface area contributed by atoms with Gasteiger partial charge in [0.15, 0.2) is 0 Å². The maximum Gasteiger partial charge on any atom is 0.229 e. The molecule has 474 valence electrons. The van der Waals surface area contributed by atoms with Crippen molar-refractivity contribution in [2.75, 3.05) is 14.7 Å². The molecule has 0 amide bonds. The van der Waals surface area contributed by atoms with Crippen LogP contribution in [-0.2, 0) is 54.1 Å².